The molecular weight excluding hydrogens is 362 g/mol. The topological polar surface area (TPSA) is 62.8 Å². The van der Waals surface area contributed by atoms with Gasteiger partial charge in [-0.25, -0.2) is 9.97 Å². The van der Waals surface area contributed by atoms with E-state index in [9.17, 15) is 0 Å². The molecule has 0 spiro atoms. The first-order valence-electron chi connectivity index (χ1n) is 9.81. The molecule has 4 heterocycles. The second-order valence-corrected chi connectivity index (χ2v) is 8.42. The van der Waals surface area contributed by atoms with E-state index in [1.807, 2.05) is 0 Å². The number of nitrogens with zero attached hydrogens (tertiary/aromatic N) is 4. The van der Waals surface area contributed by atoms with E-state index in [-0.39, 0.29) is 0 Å². The van der Waals surface area contributed by atoms with E-state index in [1.165, 1.54) is 15.8 Å². The lowest BCUT2D eigenvalue weighted by atomic mass is 10.2. The first-order valence-corrected chi connectivity index (χ1v) is 10.6. The molecule has 0 atom stereocenters. The number of anilines is 1. The summed E-state index contributed by atoms with van der Waals surface area (Å²) in [7, 11) is 0. The van der Waals surface area contributed by atoms with Crippen LogP contribution in [0.1, 0.15) is 16.3 Å². The second-order valence-electron chi connectivity index (χ2n) is 7.22. The lowest BCUT2D eigenvalue weighted by molar-refractivity contribution is 0.0331. The fraction of sp³-hybridized carbons (Fsp3) is 0.684. The van der Waals surface area contributed by atoms with Crippen LogP contribution < -0.4 is 5.32 Å². The lowest BCUT2D eigenvalue weighted by Gasteiger charge is -2.27. The molecule has 27 heavy (non-hydrogen) atoms. The van der Waals surface area contributed by atoms with E-state index >= 15 is 0 Å². The maximum atomic E-state index is 5.45. The molecule has 0 bridgehead atoms. The van der Waals surface area contributed by atoms with Crippen molar-refractivity contribution in [2.75, 3.05) is 71.0 Å². The van der Waals surface area contributed by atoms with Gasteiger partial charge in [-0.05, 0) is 19.4 Å². The van der Waals surface area contributed by atoms with Crippen molar-refractivity contribution in [3.8, 4) is 0 Å². The van der Waals surface area contributed by atoms with Crippen molar-refractivity contribution in [1.82, 2.24) is 19.8 Å². The smallest absolute Gasteiger partial charge is 0.146 e. The summed E-state index contributed by atoms with van der Waals surface area (Å²) in [6, 6.07) is 0. The molecule has 2 aliphatic rings. The number of morpholine rings is 2. The van der Waals surface area contributed by atoms with Gasteiger partial charge >= 0.3 is 0 Å². The van der Waals surface area contributed by atoms with Crippen LogP contribution in [0.4, 0.5) is 5.82 Å². The van der Waals surface area contributed by atoms with Gasteiger partial charge in [-0.15, -0.1) is 11.3 Å². The van der Waals surface area contributed by atoms with Gasteiger partial charge < -0.3 is 14.8 Å². The van der Waals surface area contributed by atoms with Gasteiger partial charge in [0.1, 0.15) is 16.5 Å². The number of thiophene rings is 1. The summed E-state index contributed by atoms with van der Waals surface area (Å²) in [4.78, 5) is 17.0. The van der Waals surface area contributed by atoms with Crippen LogP contribution in [0.25, 0.3) is 10.2 Å². The first kappa shape index (κ1) is 19.0. The Balaban J connectivity index is 1.50. The Bertz CT molecular complexity index is 769. The molecule has 0 unspecified atom stereocenters. The standard InChI is InChI=1S/C19H29N5O2S/c1-14-15(2)27-19-17(14)18(20-3-4-23-5-9-25-10-6-23)21-16(22-19)13-24-7-11-26-12-8-24/h3-13H2,1-2H3,(H,20,21,22). The Labute approximate surface area is 164 Å². The molecule has 2 aromatic heterocycles. The van der Waals surface area contributed by atoms with Crippen molar-refractivity contribution in [3.63, 3.8) is 0 Å². The van der Waals surface area contributed by atoms with Crippen molar-refractivity contribution in [1.29, 1.82) is 0 Å². The number of hydrogen-bond donors (Lipinski definition) is 1. The molecule has 4 rings (SSSR count). The van der Waals surface area contributed by atoms with E-state index < -0.39 is 0 Å². The predicted molar refractivity (Wildman–Crippen MR) is 109 cm³/mol. The Morgan fingerprint density at radius 1 is 0.963 bits per heavy atom. The van der Waals surface area contributed by atoms with Crippen LogP contribution in [0.2, 0.25) is 0 Å². The molecule has 2 fully saturated rings. The van der Waals surface area contributed by atoms with Crippen molar-refractivity contribution in [2.24, 2.45) is 0 Å². The SMILES string of the molecule is Cc1sc2nc(CN3CCOCC3)nc(NCCN3CCOCC3)c2c1C. The average Bonchev–Trinajstić information content (AvgIpc) is 2.97. The molecule has 2 saturated heterocycles. The van der Waals surface area contributed by atoms with Crippen LogP contribution in [0.5, 0.6) is 0 Å². The molecule has 2 aliphatic heterocycles. The molecule has 2 aromatic rings. The molecule has 0 amide bonds. The second kappa shape index (κ2) is 8.79. The van der Waals surface area contributed by atoms with Crippen molar-refractivity contribution in [3.05, 3.63) is 16.3 Å². The number of ether oxygens (including phenoxy) is 2. The maximum absolute atomic E-state index is 5.45. The van der Waals surface area contributed by atoms with Gasteiger partial charge in [-0.2, -0.15) is 0 Å². The highest BCUT2D eigenvalue weighted by Gasteiger charge is 2.18. The van der Waals surface area contributed by atoms with Crippen molar-refractivity contribution >= 4 is 27.4 Å². The van der Waals surface area contributed by atoms with Crippen LogP contribution >= 0.6 is 11.3 Å². The Kier molecular flexibility index (Phi) is 6.19. The summed E-state index contributed by atoms with van der Waals surface area (Å²) < 4.78 is 10.9. The zero-order valence-electron chi connectivity index (χ0n) is 16.3. The summed E-state index contributed by atoms with van der Waals surface area (Å²) in [6.45, 7) is 14.2. The minimum absolute atomic E-state index is 0.785. The highest BCUT2D eigenvalue weighted by atomic mass is 32.1. The number of nitrogens with one attached hydrogen (secondary N) is 1. The number of aryl methyl sites for hydroxylation is 2. The van der Waals surface area contributed by atoms with Crippen LogP contribution in [-0.2, 0) is 16.0 Å². The maximum Gasteiger partial charge on any atom is 0.146 e. The summed E-state index contributed by atoms with van der Waals surface area (Å²) in [5.41, 5.74) is 1.29. The van der Waals surface area contributed by atoms with Crippen molar-refractivity contribution < 1.29 is 9.47 Å². The number of hydrogen-bond acceptors (Lipinski definition) is 8. The Morgan fingerprint density at radius 3 is 2.33 bits per heavy atom. The fourth-order valence-corrected chi connectivity index (χ4v) is 4.66. The van der Waals surface area contributed by atoms with E-state index in [2.05, 4.69) is 29.0 Å². The lowest BCUT2D eigenvalue weighted by Crippen LogP contribution is -2.39. The third-order valence-electron chi connectivity index (χ3n) is 5.37. The Hall–Kier alpha value is -1.32. The highest BCUT2D eigenvalue weighted by molar-refractivity contribution is 7.18. The summed E-state index contributed by atoms with van der Waals surface area (Å²) in [5, 5.41) is 4.78. The molecule has 0 aromatic carbocycles. The summed E-state index contributed by atoms with van der Waals surface area (Å²) in [6.07, 6.45) is 0. The van der Waals surface area contributed by atoms with E-state index in [0.29, 0.717) is 0 Å². The van der Waals surface area contributed by atoms with Crippen LogP contribution in [0.3, 0.4) is 0 Å². The van der Waals surface area contributed by atoms with Gasteiger partial charge in [0.25, 0.3) is 0 Å². The van der Waals surface area contributed by atoms with E-state index in [1.54, 1.807) is 11.3 Å². The molecular formula is C19H29N5O2S. The largest absolute Gasteiger partial charge is 0.379 e. The monoisotopic (exact) mass is 391 g/mol. The molecule has 0 aliphatic carbocycles. The molecule has 148 valence electrons. The molecule has 0 saturated carbocycles. The third-order valence-corrected chi connectivity index (χ3v) is 6.47. The Morgan fingerprint density at radius 2 is 1.63 bits per heavy atom. The first-order chi connectivity index (χ1) is 13.2. The normalized spacial score (nSPS) is 19.6. The number of rotatable bonds is 6. The number of fused-ring (bicyclic) bond motifs is 1. The van der Waals surface area contributed by atoms with Crippen LogP contribution in [-0.4, -0.2) is 85.5 Å². The minimum Gasteiger partial charge on any atom is -0.379 e. The van der Waals surface area contributed by atoms with Crippen molar-refractivity contribution in [2.45, 2.75) is 20.4 Å². The van der Waals surface area contributed by atoms with E-state index in [0.717, 1.165) is 88.7 Å². The predicted octanol–water partition coefficient (Wildman–Crippen LogP) is 1.88. The molecule has 1 N–H and O–H groups in total. The minimum atomic E-state index is 0.785. The summed E-state index contributed by atoms with van der Waals surface area (Å²) >= 11 is 1.77. The van der Waals surface area contributed by atoms with Gasteiger partial charge in [0, 0.05) is 44.1 Å². The molecule has 0 radical (unpaired) electrons. The van der Waals surface area contributed by atoms with Gasteiger partial charge in [0.05, 0.1) is 38.4 Å². The van der Waals surface area contributed by atoms with E-state index in [4.69, 9.17) is 19.4 Å². The van der Waals surface area contributed by atoms with Gasteiger partial charge in [-0.1, -0.05) is 0 Å². The quantitative estimate of drug-likeness (QED) is 0.807. The van der Waals surface area contributed by atoms with Gasteiger partial charge in [0.2, 0.25) is 0 Å². The van der Waals surface area contributed by atoms with Crippen LogP contribution in [0, 0.1) is 13.8 Å². The van der Waals surface area contributed by atoms with Gasteiger partial charge in [-0.3, -0.25) is 9.80 Å². The highest BCUT2D eigenvalue weighted by Crippen LogP contribution is 2.33. The molecule has 7 nitrogen and oxygen atoms in total. The average molecular weight is 392 g/mol. The zero-order chi connectivity index (χ0) is 18.6. The zero-order valence-corrected chi connectivity index (χ0v) is 17.1. The van der Waals surface area contributed by atoms with Gasteiger partial charge in [0.15, 0.2) is 0 Å². The summed E-state index contributed by atoms with van der Waals surface area (Å²) in [5.74, 6) is 1.89. The fourth-order valence-electron chi connectivity index (χ4n) is 3.61. The third kappa shape index (κ3) is 4.57. The molecule has 8 heteroatoms. The van der Waals surface area contributed by atoms with Crippen LogP contribution in [0.15, 0.2) is 0 Å². The number of aromatic nitrogens is 2.